The van der Waals surface area contributed by atoms with Crippen molar-refractivity contribution in [2.75, 3.05) is 0 Å². The Hall–Kier alpha value is -2.94. The Balaban J connectivity index is 0.00000124. The van der Waals surface area contributed by atoms with Gasteiger partial charge in [-0.3, -0.25) is 11.7 Å². The number of unbranched alkanes of at least 4 members (excludes halogenated alkanes) is 1. The topological polar surface area (TPSA) is 95.6 Å². The molecule has 4 aromatic rings. The van der Waals surface area contributed by atoms with Gasteiger partial charge < -0.3 is 4.57 Å². The molecule has 2 aromatic heterocycles. The van der Waals surface area contributed by atoms with Gasteiger partial charge >= 0.3 is 0 Å². The zero-order valence-corrected chi connectivity index (χ0v) is 17.1. The maximum absolute atomic E-state index is 14.2. The third-order valence-electron chi connectivity index (χ3n) is 4.52. The molecule has 2 heterocycles. The lowest BCUT2D eigenvalue weighted by molar-refractivity contribution is 0.587. The maximum atomic E-state index is 14.2. The molecule has 0 aliphatic carbocycles. The average molecular weight is 431 g/mol. The number of benzene rings is 2. The molecule has 6 nitrogen and oxygen atoms in total. The Labute approximate surface area is 177 Å². The molecule has 0 unspecified atom stereocenters. The fraction of sp³-hybridized carbons (Fsp3) is 0.190. The number of aromatic nitrogens is 4. The molecule has 4 rings (SSSR count). The summed E-state index contributed by atoms with van der Waals surface area (Å²) in [6.07, 6.45) is 3.37. The van der Waals surface area contributed by atoms with Crippen LogP contribution in [0, 0.1) is 11.6 Å². The summed E-state index contributed by atoms with van der Waals surface area (Å²) < 4.78 is 30.3. The molecule has 9 heteroatoms. The van der Waals surface area contributed by atoms with Crippen molar-refractivity contribution in [2.24, 2.45) is 11.7 Å². The van der Waals surface area contributed by atoms with Gasteiger partial charge in [0.2, 0.25) is 0 Å². The summed E-state index contributed by atoms with van der Waals surface area (Å²) in [6.45, 7) is 2.74. The zero-order valence-electron chi connectivity index (χ0n) is 16.3. The Morgan fingerprint density at radius 3 is 2.37 bits per heavy atom. The number of imidazole rings is 1. The van der Waals surface area contributed by atoms with Gasteiger partial charge in [-0.05, 0) is 30.7 Å². The summed E-state index contributed by atoms with van der Waals surface area (Å²) in [6, 6.07) is 11.1. The summed E-state index contributed by atoms with van der Waals surface area (Å²) in [5.41, 5.74) is 1.60. The second-order valence-corrected chi connectivity index (χ2v) is 6.83. The smallest absolute Gasteiger partial charge is 0.167 e. The summed E-state index contributed by atoms with van der Waals surface area (Å²) in [5, 5.41) is 0.573. The Bertz CT molecular complexity index is 1140. The average Bonchev–Trinajstić information content (AvgIpc) is 3.11. The third kappa shape index (κ3) is 4.16. The van der Waals surface area contributed by atoms with Gasteiger partial charge in [-0.15, -0.1) is 0 Å². The molecule has 0 fully saturated rings. The van der Waals surface area contributed by atoms with Gasteiger partial charge in [0.05, 0.1) is 16.8 Å². The Morgan fingerprint density at radius 1 is 1.00 bits per heavy atom. The van der Waals surface area contributed by atoms with Crippen molar-refractivity contribution in [3.8, 4) is 22.8 Å². The van der Waals surface area contributed by atoms with E-state index in [1.54, 1.807) is 6.07 Å². The van der Waals surface area contributed by atoms with Crippen LogP contribution in [0.15, 0.2) is 48.7 Å². The second-order valence-electron chi connectivity index (χ2n) is 6.42. The van der Waals surface area contributed by atoms with Crippen LogP contribution in [0.2, 0.25) is 5.02 Å². The van der Waals surface area contributed by atoms with Crippen molar-refractivity contribution in [3.05, 3.63) is 65.3 Å². The lowest BCUT2D eigenvalue weighted by Gasteiger charge is -2.10. The van der Waals surface area contributed by atoms with E-state index in [0.29, 0.717) is 28.6 Å². The molecule has 0 saturated heterocycles. The molecule has 0 atom stereocenters. The van der Waals surface area contributed by atoms with Gasteiger partial charge in [0, 0.05) is 12.1 Å². The van der Waals surface area contributed by atoms with Crippen LogP contribution in [0.1, 0.15) is 19.8 Å². The van der Waals surface area contributed by atoms with Crippen LogP contribution in [-0.4, -0.2) is 19.5 Å². The highest BCUT2D eigenvalue weighted by Crippen LogP contribution is 2.31. The minimum Gasteiger partial charge on any atom is -0.309 e. The standard InChI is InChI=1S/C21H17ClF2N4.H4N2/c1-2-3-11-28-20(13-7-4-5-8-14(13)22)26-17-12-25-19(27-21(17)28)18-15(23)9-6-10-16(18)24;1-2/h4-10,12H,2-3,11H2,1H3;1-2H2. The van der Waals surface area contributed by atoms with Gasteiger partial charge in [-0.1, -0.05) is 43.1 Å². The van der Waals surface area contributed by atoms with Gasteiger partial charge in [0.15, 0.2) is 11.5 Å². The first-order valence-electron chi connectivity index (χ1n) is 9.36. The van der Waals surface area contributed by atoms with Crippen molar-refractivity contribution in [2.45, 2.75) is 26.3 Å². The van der Waals surface area contributed by atoms with Crippen LogP contribution >= 0.6 is 11.6 Å². The molecular formula is C21H21ClF2N6. The monoisotopic (exact) mass is 430 g/mol. The van der Waals surface area contributed by atoms with Crippen LogP contribution in [0.25, 0.3) is 33.9 Å². The van der Waals surface area contributed by atoms with Gasteiger partial charge in [-0.25, -0.2) is 23.7 Å². The molecule has 4 N–H and O–H groups in total. The van der Waals surface area contributed by atoms with Crippen molar-refractivity contribution >= 4 is 22.8 Å². The molecule has 0 saturated carbocycles. The minimum absolute atomic E-state index is 0.00791. The number of hydrazine groups is 1. The molecule has 2 aromatic carbocycles. The van der Waals surface area contributed by atoms with Crippen molar-refractivity contribution in [1.82, 2.24) is 19.5 Å². The predicted molar refractivity (Wildman–Crippen MR) is 114 cm³/mol. The van der Waals surface area contributed by atoms with E-state index >= 15 is 0 Å². The fourth-order valence-corrected chi connectivity index (χ4v) is 3.35. The lowest BCUT2D eigenvalue weighted by Crippen LogP contribution is -2.03. The van der Waals surface area contributed by atoms with E-state index in [4.69, 9.17) is 11.6 Å². The highest BCUT2D eigenvalue weighted by molar-refractivity contribution is 6.33. The molecule has 156 valence electrons. The molecule has 0 spiro atoms. The number of nitrogens with two attached hydrogens (primary N) is 2. The summed E-state index contributed by atoms with van der Waals surface area (Å²) in [4.78, 5) is 13.3. The van der Waals surface area contributed by atoms with Crippen LogP contribution in [0.4, 0.5) is 8.78 Å². The molecule has 0 radical (unpaired) electrons. The number of halogens is 3. The summed E-state index contributed by atoms with van der Waals surface area (Å²) in [7, 11) is 0. The molecule has 0 aliphatic heterocycles. The maximum Gasteiger partial charge on any atom is 0.167 e. The normalized spacial score (nSPS) is 10.7. The second kappa shape index (κ2) is 9.71. The van der Waals surface area contributed by atoms with Gasteiger partial charge in [-0.2, -0.15) is 0 Å². The fourth-order valence-electron chi connectivity index (χ4n) is 3.13. The van der Waals surface area contributed by atoms with Crippen molar-refractivity contribution in [3.63, 3.8) is 0 Å². The number of nitrogens with zero attached hydrogens (tertiary/aromatic N) is 4. The molecule has 0 bridgehead atoms. The van der Waals surface area contributed by atoms with E-state index in [2.05, 4.69) is 33.6 Å². The molecule has 0 aliphatic rings. The first-order valence-corrected chi connectivity index (χ1v) is 9.74. The zero-order chi connectivity index (χ0) is 21.7. The van der Waals surface area contributed by atoms with E-state index in [1.807, 2.05) is 22.8 Å². The Kier molecular flexibility index (Phi) is 7.04. The van der Waals surface area contributed by atoms with E-state index in [-0.39, 0.29) is 11.4 Å². The van der Waals surface area contributed by atoms with Crippen LogP contribution in [-0.2, 0) is 6.54 Å². The van der Waals surface area contributed by atoms with E-state index < -0.39 is 11.6 Å². The number of fused-ring (bicyclic) bond motifs is 1. The number of hydrogen-bond acceptors (Lipinski definition) is 5. The van der Waals surface area contributed by atoms with Crippen molar-refractivity contribution in [1.29, 1.82) is 0 Å². The Morgan fingerprint density at radius 2 is 1.70 bits per heavy atom. The third-order valence-corrected chi connectivity index (χ3v) is 4.85. The highest BCUT2D eigenvalue weighted by atomic mass is 35.5. The van der Waals surface area contributed by atoms with E-state index in [0.717, 1.165) is 18.4 Å². The highest BCUT2D eigenvalue weighted by Gasteiger charge is 2.19. The summed E-state index contributed by atoms with van der Waals surface area (Å²) in [5.74, 6) is 7.25. The quantitative estimate of drug-likeness (QED) is 0.353. The van der Waals surface area contributed by atoms with Crippen LogP contribution in [0.5, 0.6) is 0 Å². The molecule has 30 heavy (non-hydrogen) atoms. The SMILES string of the molecule is CCCCn1c(-c2ccccc2Cl)nc2cnc(-c3c(F)cccc3F)nc21.NN. The van der Waals surface area contributed by atoms with E-state index in [1.165, 1.54) is 24.4 Å². The molecule has 0 amide bonds. The number of hydrogen-bond donors (Lipinski definition) is 2. The first-order chi connectivity index (χ1) is 14.6. The minimum atomic E-state index is -0.703. The van der Waals surface area contributed by atoms with Crippen LogP contribution < -0.4 is 11.7 Å². The largest absolute Gasteiger partial charge is 0.309 e. The first kappa shape index (κ1) is 21.8. The van der Waals surface area contributed by atoms with Crippen LogP contribution in [0.3, 0.4) is 0 Å². The molecular weight excluding hydrogens is 410 g/mol. The van der Waals surface area contributed by atoms with Gasteiger partial charge in [0.1, 0.15) is 23.0 Å². The number of aryl methyl sites for hydroxylation is 1. The number of rotatable bonds is 5. The lowest BCUT2D eigenvalue weighted by atomic mass is 10.2. The predicted octanol–water partition coefficient (Wildman–Crippen LogP) is 4.71. The van der Waals surface area contributed by atoms with Crippen molar-refractivity contribution < 1.29 is 8.78 Å². The summed E-state index contributed by atoms with van der Waals surface area (Å²) >= 11 is 6.37. The van der Waals surface area contributed by atoms with E-state index in [9.17, 15) is 8.78 Å². The van der Waals surface area contributed by atoms with Gasteiger partial charge in [0.25, 0.3) is 0 Å².